The predicted octanol–water partition coefficient (Wildman–Crippen LogP) is 2.05. The van der Waals surface area contributed by atoms with E-state index in [2.05, 4.69) is 5.32 Å². The summed E-state index contributed by atoms with van der Waals surface area (Å²) in [5.41, 5.74) is -1.10. The van der Waals surface area contributed by atoms with Crippen LogP contribution in [0.4, 0.5) is 4.79 Å². The highest BCUT2D eigenvalue weighted by molar-refractivity contribution is 5.80. The van der Waals surface area contributed by atoms with Crippen LogP contribution in [0.3, 0.4) is 0 Å². The Labute approximate surface area is 148 Å². The molecule has 0 aromatic heterocycles. The van der Waals surface area contributed by atoms with Gasteiger partial charge in [0.25, 0.3) is 0 Å². The first-order chi connectivity index (χ1) is 11.5. The van der Waals surface area contributed by atoms with Gasteiger partial charge in [0.05, 0.1) is 12.2 Å². The van der Waals surface area contributed by atoms with Crippen molar-refractivity contribution in [2.24, 2.45) is 11.3 Å². The zero-order chi connectivity index (χ0) is 18.8. The largest absolute Gasteiger partial charge is 0.480 e. The second-order valence-corrected chi connectivity index (χ2v) is 8.56. The highest BCUT2D eigenvalue weighted by atomic mass is 16.6. The van der Waals surface area contributed by atoms with Gasteiger partial charge >= 0.3 is 12.1 Å². The van der Waals surface area contributed by atoms with E-state index in [-0.39, 0.29) is 5.92 Å². The van der Waals surface area contributed by atoms with Gasteiger partial charge in [-0.25, -0.2) is 9.59 Å². The molecule has 7 nitrogen and oxygen atoms in total. The Morgan fingerprint density at radius 1 is 1.12 bits per heavy atom. The van der Waals surface area contributed by atoms with Crippen molar-refractivity contribution in [3.8, 4) is 0 Å². The number of rotatable bonds is 4. The molecule has 2 saturated carbocycles. The number of hydrogen-bond acceptors (Lipinski definition) is 5. The fourth-order valence-electron chi connectivity index (χ4n) is 4.23. The summed E-state index contributed by atoms with van der Waals surface area (Å²) in [6.45, 7) is 5.17. The lowest BCUT2D eigenvalue weighted by atomic mass is 9.66. The molecule has 0 aliphatic heterocycles. The van der Waals surface area contributed by atoms with Gasteiger partial charge in [-0.15, -0.1) is 0 Å². The minimum atomic E-state index is -1.08. The molecule has 0 bridgehead atoms. The lowest BCUT2D eigenvalue weighted by Crippen LogP contribution is -2.46. The van der Waals surface area contributed by atoms with Crippen molar-refractivity contribution in [1.82, 2.24) is 5.32 Å². The molecule has 2 aliphatic rings. The second kappa shape index (κ2) is 7.50. The number of aliphatic hydroxyl groups excluding tert-OH is 2. The average molecular weight is 357 g/mol. The number of ether oxygens (including phenoxy) is 1. The molecule has 0 unspecified atom stereocenters. The first-order valence-corrected chi connectivity index (χ1v) is 9.12. The molecule has 7 heteroatoms. The van der Waals surface area contributed by atoms with Crippen molar-refractivity contribution in [2.45, 2.75) is 89.6 Å². The SMILES string of the molecule is CC(C)(C)OC(=O)N[C@@H](CC1CCC2(CC1)[C@@H](O)CC[C@@H]2O)C(=O)O. The number of aliphatic hydroxyl groups is 2. The van der Waals surface area contributed by atoms with Crippen LogP contribution in [0.15, 0.2) is 0 Å². The summed E-state index contributed by atoms with van der Waals surface area (Å²) in [4.78, 5) is 23.3. The Morgan fingerprint density at radius 2 is 1.64 bits per heavy atom. The molecule has 0 saturated heterocycles. The first-order valence-electron chi connectivity index (χ1n) is 9.12. The van der Waals surface area contributed by atoms with Crippen LogP contribution in [-0.2, 0) is 9.53 Å². The van der Waals surface area contributed by atoms with E-state index in [4.69, 9.17) is 4.74 Å². The topological polar surface area (TPSA) is 116 Å². The Balaban J connectivity index is 1.89. The summed E-state index contributed by atoms with van der Waals surface area (Å²) in [5, 5.41) is 32.3. The molecule has 25 heavy (non-hydrogen) atoms. The number of carboxylic acids is 1. The monoisotopic (exact) mass is 357 g/mol. The van der Waals surface area contributed by atoms with E-state index in [1.165, 1.54) is 0 Å². The van der Waals surface area contributed by atoms with Crippen LogP contribution in [0.5, 0.6) is 0 Å². The number of alkyl carbamates (subject to hydrolysis) is 1. The molecule has 2 rings (SSSR count). The van der Waals surface area contributed by atoms with Gasteiger partial charge in [-0.2, -0.15) is 0 Å². The Morgan fingerprint density at radius 3 is 2.08 bits per heavy atom. The molecule has 3 atom stereocenters. The average Bonchev–Trinajstić information content (AvgIpc) is 2.75. The van der Waals surface area contributed by atoms with E-state index in [1.54, 1.807) is 20.8 Å². The highest BCUT2D eigenvalue weighted by Crippen LogP contribution is 2.51. The molecule has 0 aromatic carbocycles. The van der Waals surface area contributed by atoms with Crippen molar-refractivity contribution in [3.63, 3.8) is 0 Å². The van der Waals surface area contributed by atoms with E-state index < -0.39 is 41.3 Å². The van der Waals surface area contributed by atoms with E-state index in [9.17, 15) is 24.9 Å². The second-order valence-electron chi connectivity index (χ2n) is 8.56. The van der Waals surface area contributed by atoms with Crippen LogP contribution in [0.1, 0.15) is 65.7 Å². The molecular formula is C18H31NO6. The van der Waals surface area contributed by atoms with Gasteiger partial charge in [-0.1, -0.05) is 0 Å². The Bertz CT molecular complexity index is 480. The fraction of sp³-hybridized carbons (Fsp3) is 0.889. The molecule has 0 aromatic rings. The van der Waals surface area contributed by atoms with Gasteiger partial charge in [0.15, 0.2) is 0 Å². The number of carbonyl (C=O) groups is 2. The van der Waals surface area contributed by atoms with Crippen molar-refractivity contribution in [3.05, 3.63) is 0 Å². The van der Waals surface area contributed by atoms with E-state index in [0.29, 0.717) is 32.1 Å². The number of carboxylic acid groups (broad SMARTS) is 1. The maximum absolute atomic E-state index is 11.8. The summed E-state index contributed by atoms with van der Waals surface area (Å²) in [7, 11) is 0. The lowest BCUT2D eigenvalue weighted by Gasteiger charge is -2.42. The summed E-state index contributed by atoms with van der Waals surface area (Å²) in [6, 6.07) is -0.993. The van der Waals surface area contributed by atoms with Gasteiger partial charge < -0.3 is 25.4 Å². The number of aliphatic carboxylic acids is 1. The maximum atomic E-state index is 11.8. The number of nitrogens with one attached hydrogen (secondary N) is 1. The Kier molecular flexibility index (Phi) is 5.99. The molecule has 1 spiro atoms. The van der Waals surface area contributed by atoms with Crippen molar-refractivity contribution >= 4 is 12.1 Å². The van der Waals surface area contributed by atoms with Gasteiger partial charge in [0.2, 0.25) is 0 Å². The summed E-state index contributed by atoms with van der Waals surface area (Å²) >= 11 is 0. The molecule has 1 amide bonds. The van der Waals surface area contributed by atoms with E-state index in [0.717, 1.165) is 12.8 Å². The van der Waals surface area contributed by atoms with Crippen LogP contribution in [-0.4, -0.2) is 51.2 Å². The van der Waals surface area contributed by atoms with Gasteiger partial charge in [-0.3, -0.25) is 0 Å². The molecule has 2 fully saturated rings. The van der Waals surface area contributed by atoms with Crippen molar-refractivity contribution in [1.29, 1.82) is 0 Å². The van der Waals surface area contributed by atoms with Gasteiger partial charge in [-0.05, 0) is 71.6 Å². The van der Waals surface area contributed by atoms with E-state index in [1.807, 2.05) is 0 Å². The van der Waals surface area contributed by atoms with Crippen LogP contribution >= 0.6 is 0 Å². The molecule has 144 valence electrons. The molecule has 0 heterocycles. The standard InChI is InChI=1S/C18H31NO6/c1-17(2,3)25-16(24)19-12(15(22)23)10-11-6-8-18(9-7-11)13(20)4-5-14(18)21/h11-14,20-21H,4-10H2,1-3H3,(H,19,24)(H,22,23)/t12-,13-,14-/m0/s1. The van der Waals surface area contributed by atoms with Gasteiger partial charge in [0.1, 0.15) is 11.6 Å². The fourth-order valence-corrected chi connectivity index (χ4v) is 4.23. The van der Waals surface area contributed by atoms with Crippen molar-refractivity contribution in [2.75, 3.05) is 0 Å². The van der Waals surface area contributed by atoms with E-state index >= 15 is 0 Å². The third-order valence-corrected chi connectivity index (χ3v) is 5.63. The summed E-state index contributed by atoms with van der Waals surface area (Å²) < 4.78 is 5.13. The third-order valence-electron chi connectivity index (χ3n) is 5.63. The number of amides is 1. The highest BCUT2D eigenvalue weighted by Gasteiger charge is 2.50. The number of hydrogen-bond donors (Lipinski definition) is 4. The van der Waals surface area contributed by atoms with Crippen molar-refractivity contribution < 1.29 is 29.6 Å². The van der Waals surface area contributed by atoms with Crippen LogP contribution in [0, 0.1) is 11.3 Å². The Hall–Kier alpha value is -1.34. The third kappa shape index (κ3) is 4.85. The van der Waals surface area contributed by atoms with Crippen LogP contribution < -0.4 is 5.32 Å². The molecule has 4 N–H and O–H groups in total. The molecular weight excluding hydrogens is 326 g/mol. The van der Waals surface area contributed by atoms with Crippen LogP contribution in [0.2, 0.25) is 0 Å². The number of carbonyl (C=O) groups excluding carboxylic acids is 1. The minimum Gasteiger partial charge on any atom is -0.480 e. The summed E-state index contributed by atoms with van der Waals surface area (Å²) in [5.74, 6) is -0.936. The normalized spacial score (nSPS) is 27.9. The predicted molar refractivity (Wildman–Crippen MR) is 91.0 cm³/mol. The maximum Gasteiger partial charge on any atom is 0.408 e. The zero-order valence-corrected chi connectivity index (χ0v) is 15.3. The molecule has 0 radical (unpaired) electrons. The zero-order valence-electron chi connectivity index (χ0n) is 15.3. The van der Waals surface area contributed by atoms with Crippen LogP contribution in [0.25, 0.3) is 0 Å². The minimum absolute atomic E-state index is 0.140. The molecule has 2 aliphatic carbocycles. The quantitative estimate of drug-likeness (QED) is 0.612. The first kappa shape index (κ1) is 20.0. The summed E-state index contributed by atoms with van der Waals surface area (Å²) in [6.07, 6.45) is 2.79. The lowest BCUT2D eigenvalue weighted by molar-refractivity contribution is -0.140. The smallest absolute Gasteiger partial charge is 0.408 e. The van der Waals surface area contributed by atoms with Gasteiger partial charge in [0, 0.05) is 5.41 Å².